The molecule has 9 nitrogen and oxygen atoms in total. The Morgan fingerprint density at radius 3 is 2.55 bits per heavy atom. The Bertz CT molecular complexity index is 1010. The van der Waals surface area contributed by atoms with Crippen LogP contribution in [0.15, 0.2) is 48.7 Å². The van der Waals surface area contributed by atoms with Gasteiger partial charge in [0.1, 0.15) is 6.04 Å². The zero-order valence-corrected chi connectivity index (χ0v) is 16.3. The summed E-state index contributed by atoms with van der Waals surface area (Å²) in [6.07, 6.45) is 1.70. The average Bonchev–Trinajstić information content (AvgIpc) is 3.11. The highest BCUT2D eigenvalue weighted by atomic mass is 16.5. The van der Waals surface area contributed by atoms with Gasteiger partial charge in [0.15, 0.2) is 11.5 Å². The van der Waals surface area contributed by atoms with Crippen LogP contribution in [0.1, 0.15) is 41.6 Å². The first-order chi connectivity index (χ1) is 13.8. The highest BCUT2D eigenvalue weighted by Gasteiger charge is 2.28. The Morgan fingerprint density at radius 1 is 1.17 bits per heavy atom. The Kier molecular flexibility index (Phi) is 5.90. The van der Waals surface area contributed by atoms with Gasteiger partial charge in [-0.05, 0) is 31.5 Å². The Morgan fingerprint density at radius 2 is 1.90 bits per heavy atom. The molecule has 5 N–H and O–H groups in total. The minimum atomic E-state index is -1.09. The number of fused-ring (bicyclic) bond motifs is 1. The Balaban J connectivity index is 1.88. The predicted molar refractivity (Wildman–Crippen MR) is 107 cm³/mol. The topological polar surface area (TPSA) is 138 Å². The normalized spacial score (nSPS) is 12.7. The maximum atomic E-state index is 12.5. The molecule has 1 atom stereocenters. The van der Waals surface area contributed by atoms with Gasteiger partial charge in [-0.25, -0.2) is 0 Å². The summed E-state index contributed by atoms with van der Waals surface area (Å²) < 4.78 is 7.43. The molecule has 3 rings (SSSR count). The van der Waals surface area contributed by atoms with Crippen molar-refractivity contribution in [1.29, 1.82) is 0 Å². The first-order valence-electron chi connectivity index (χ1n) is 9.12. The quantitative estimate of drug-likeness (QED) is 0.518. The van der Waals surface area contributed by atoms with Crippen molar-refractivity contribution in [2.75, 3.05) is 6.61 Å². The summed E-state index contributed by atoms with van der Waals surface area (Å²) >= 11 is 0. The van der Waals surface area contributed by atoms with Crippen molar-refractivity contribution in [2.24, 2.45) is 11.5 Å². The van der Waals surface area contributed by atoms with E-state index in [1.54, 1.807) is 36.6 Å². The lowest BCUT2D eigenvalue weighted by molar-refractivity contribution is -0.126. The summed E-state index contributed by atoms with van der Waals surface area (Å²) in [6, 6.07) is 12.3. The van der Waals surface area contributed by atoms with Crippen molar-refractivity contribution in [3.8, 4) is 0 Å². The van der Waals surface area contributed by atoms with Crippen LogP contribution in [0.3, 0.4) is 0 Å². The first-order valence-corrected chi connectivity index (χ1v) is 9.12. The van der Waals surface area contributed by atoms with Crippen LogP contribution >= 0.6 is 0 Å². The zero-order valence-electron chi connectivity index (χ0n) is 16.3. The van der Waals surface area contributed by atoms with Gasteiger partial charge < -0.3 is 21.5 Å². The summed E-state index contributed by atoms with van der Waals surface area (Å²) in [6.45, 7) is 3.72. The monoisotopic (exact) mass is 396 g/mol. The molecule has 0 fully saturated rings. The third kappa shape index (κ3) is 4.76. The van der Waals surface area contributed by atoms with Crippen LogP contribution in [-0.2, 0) is 16.1 Å². The number of carbonyl (C=O) groups is 2. The fourth-order valence-corrected chi connectivity index (χ4v) is 2.76. The molecular formula is C20H24N6O3. The second-order valence-electron chi connectivity index (χ2n) is 7.29. The van der Waals surface area contributed by atoms with Crippen molar-refractivity contribution in [1.82, 2.24) is 19.9 Å². The van der Waals surface area contributed by atoms with Gasteiger partial charge >= 0.3 is 0 Å². The van der Waals surface area contributed by atoms with Crippen LogP contribution in [0.5, 0.6) is 0 Å². The molecule has 0 radical (unpaired) electrons. The number of carbonyl (C=O) groups excluding carboxylic acids is 2. The maximum absolute atomic E-state index is 12.5. The van der Waals surface area contributed by atoms with Gasteiger partial charge in [0, 0.05) is 6.20 Å². The van der Waals surface area contributed by atoms with Crippen molar-refractivity contribution in [2.45, 2.75) is 32.0 Å². The summed E-state index contributed by atoms with van der Waals surface area (Å²) in [5.41, 5.74) is 11.8. The van der Waals surface area contributed by atoms with E-state index in [9.17, 15) is 9.59 Å². The van der Waals surface area contributed by atoms with Crippen LogP contribution in [0.4, 0.5) is 0 Å². The van der Waals surface area contributed by atoms with E-state index < -0.39 is 17.5 Å². The summed E-state index contributed by atoms with van der Waals surface area (Å²) in [7, 11) is 0. The summed E-state index contributed by atoms with van der Waals surface area (Å²) in [5, 5.41) is 11.1. The SMILES string of the molecule is CC(C)(N)C(=O)N[C@H](COCc1ccccc1)c1nnc2c(C(N)=O)cccn12. The highest BCUT2D eigenvalue weighted by molar-refractivity contribution is 5.98. The number of benzene rings is 1. The van der Waals surface area contributed by atoms with Gasteiger partial charge in [0.25, 0.3) is 5.91 Å². The molecule has 0 aliphatic carbocycles. The molecule has 29 heavy (non-hydrogen) atoms. The molecule has 0 unspecified atom stereocenters. The van der Waals surface area contributed by atoms with Crippen molar-refractivity contribution >= 4 is 17.5 Å². The molecule has 0 saturated carbocycles. The van der Waals surface area contributed by atoms with Crippen molar-refractivity contribution in [3.05, 3.63) is 65.6 Å². The molecule has 0 spiro atoms. The van der Waals surface area contributed by atoms with Gasteiger partial charge in [-0.15, -0.1) is 10.2 Å². The molecule has 3 aromatic rings. The molecule has 0 aliphatic rings. The third-order valence-electron chi connectivity index (χ3n) is 4.32. The fraction of sp³-hybridized carbons (Fsp3) is 0.300. The minimum Gasteiger partial charge on any atom is -0.374 e. The number of pyridine rings is 1. The van der Waals surface area contributed by atoms with Gasteiger partial charge in [0.05, 0.1) is 24.3 Å². The van der Waals surface area contributed by atoms with E-state index in [1.165, 1.54) is 0 Å². The minimum absolute atomic E-state index is 0.137. The lowest BCUT2D eigenvalue weighted by Gasteiger charge is -2.23. The molecule has 152 valence electrons. The first kappa shape index (κ1) is 20.4. The van der Waals surface area contributed by atoms with Gasteiger partial charge in [-0.2, -0.15) is 0 Å². The molecule has 9 heteroatoms. The van der Waals surface area contributed by atoms with Crippen LogP contribution in [-0.4, -0.2) is 38.6 Å². The van der Waals surface area contributed by atoms with Crippen LogP contribution in [0.25, 0.3) is 5.65 Å². The molecule has 2 aromatic heterocycles. The number of nitrogens with two attached hydrogens (primary N) is 2. The average molecular weight is 396 g/mol. The number of hydrogen-bond donors (Lipinski definition) is 3. The smallest absolute Gasteiger partial charge is 0.252 e. The number of nitrogens with zero attached hydrogens (tertiary/aromatic N) is 3. The van der Waals surface area contributed by atoms with E-state index in [-0.39, 0.29) is 18.1 Å². The third-order valence-corrected chi connectivity index (χ3v) is 4.32. The largest absolute Gasteiger partial charge is 0.374 e. The molecular weight excluding hydrogens is 372 g/mol. The molecule has 2 amide bonds. The van der Waals surface area contributed by atoms with E-state index in [0.29, 0.717) is 18.1 Å². The predicted octanol–water partition coefficient (Wildman–Crippen LogP) is 0.940. The van der Waals surface area contributed by atoms with Crippen molar-refractivity contribution in [3.63, 3.8) is 0 Å². The summed E-state index contributed by atoms with van der Waals surface area (Å²) in [4.78, 5) is 24.2. The lowest BCUT2D eigenvalue weighted by Crippen LogP contribution is -2.50. The zero-order chi connectivity index (χ0) is 21.0. The van der Waals surface area contributed by atoms with E-state index >= 15 is 0 Å². The van der Waals surface area contributed by atoms with Crippen LogP contribution in [0, 0.1) is 0 Å². The lowest BCUT2D eigenvalue weighted by atomic mass is 10.1. The number of hydrogen-bond acceptors (Lipinski definition) is 6. The second-order valence-corrected chi connectivity index (χ2v) is 7.29. The summed E-state index contributed by atoms with van der Waals surface area (Å²) in [5.74, 6) is -0.569. The standard InChI is InChI=1S/C20H24N6O3/c1-20(2,22)19(28)23-15(12-29-11-13-7-4-3-5-8-13)18-25-24-17-14(16(21)27)9-6-10-26(17)18/h3-10,15H,11-12,22H2,1-2H3,(H2,21,27)(H,23,28)/t15-/m1/s1. The number of rotatable bonds is 8. The molecule has 1 aromatic carbocycles. The fourth-order valence-electron chi connectivity index (χ4n) is 2.76. The Labute approximate surface area is 168 Å². The maximum Gasteiger partial charge on any atom is 0.252 e. The van der Waals surface area contributed by atoms with Gasteiger partial charge in [-0.3, -0.25) is 14.0 Å². The molecule has 2 heterocycles. The van der Waals surface area contributed by atoms with E-state index in [2.05, 4.69) is 15.5 Å². The Hall–Kier alpha value is -3.30. The number of ether oxygens (including phenoxy) is 1. The van der Waals surface area contributed by atoms with Gasteiger partial charge in [0.2, 0.25) is 5.91 Å². The number of nitrogens with one attached hydrogen (secondary N) is 1. The second kappa shape index (κ2) is 8.38. The van der Waals surface area contributed by atoms with Crippen LogP contribution < -0.4 is 16.8 Å². The van der Waals surface area contributed by atoms with Gasteiger partial charge in [-0.1, -0.05) is 30.3 Å². The van der Waals surface area contributed by atoms with E-state index in [1.807, 2.05) is 30.3 Å². The number of primary amides is 1. The van der Waals surface area contributed by atoms with Crippen LogP contribution in [0.2, 0.25) is 0 Å². The number of aromatic nitrogens is 3. The highest BCUT2D eigenvalue weighted by Crippen LogP contribution is 2.17. The number of amides is 2. The van der Waals surface area contributed by atoms with E-state index in [0.717, 1.165) is 5.56 Å². The molecule has 0 aliphatic heterocycles. The van der Waals surface area contributed by atoms with Crippen molar-refractivity contribution < 1.29 is 14.3 Å². The van der Waals surface area contributed by atoms with E-state index in [4.69, 9.17) is 16.2 Å². The molecule has 0 bridgehead atoms. The molecule has 0 saturated heterocycles.